The Hall–Kier alpha value is -2.64. The van der Waals surface area contributed by atoms with Gasteiger partial charge in [0.2, 0.25) is 0 Å². The van der Waals surface area contributed by atoms with Crippen LogP contribution in [-0.4, -0.2) is 44.3 Å². The topological polar surface area (TPSA) is 149 Å². The van der Waals surface area contributed by atoms with E-state index >= 15 is 0 Å². The molecule has 8 nitrogen and oxygen atoms in total. The van der Waals surface area contributed by atoms with Crippen LogP contribution in [0.3, 0.4) is 0 Å². The van der Waals surface area contributed by atoms with Gasteiger partial charge in [0.25, 0.3) is 5.97 Å². The lowest BCUT2D eigenvalue weighted by atomic mass is 10.5. The highest BCUT2D eigenvalue weighted by Crippen LogP contribution is 1.70. The molecule has 0 heterocycles. The van der Waals surface area contributed by atoms with E-state index in [1.54, 1.807) is 0 Å². The standard InChI is InChI=1S/C4H4O4.C3H4O2.C2H4O2/c5-3(6)1-2-4(7)8;1-2-3(4)5;1-2(3)4/h1-2H,(H,5,6)(H,7,8);2H,1H2,(H,4,5);1H3,(H,3,4)/b2-1-;;. The summed E-state index contributed by atoms with van der Waals surface area (Å²) in [6.45, 7) is 4.04. The maximum Gasteiger partial charge on any atom is 0.328 e. The molecule has 0 aromatic heterocycles. The third kappa shape index (κ3) is 90.7. The fourth-order valence-corrected chi connectivity index (χ4v) is 0.143. The lowest BCUT2D eigenvalue weighted by Crippen LogP contribution is -1.91. The lowest BCUT2D eigenvalue weighted by molar-refractivity contribution is -0.134. The normalized spacial score (nSPS) is 7.82. The summed E-state index contributed by atoms with van der Waals surface area (Å²) in [4.78, 5) is 37.4. The van der Waals surface area contributed by atoms with Gasteiger partial charge >= 0.3 is 17.9 Å². The Morgan fingerprint density at radius 1 is 0.824 bits per heavy atom. The highest BCUT2D eigenvalue weighted by Gasteiger charge is 1.88. The molecule has 0 bridgehead atoms. The van der Waals surface area contributed by atoms with Crippen molar-refractivity contribution in [1.29, 1.82) is 0 Å². The van der Waals surface area contributed by atoms with Crippen LogP contribution in [0.15, 0.2) is 24.8 Å². The highest BCUT2D eigenvalue weighted by atomic mass is 16.4. The molecule has 0 fully saturated rings. The zero-order chi connectivity index (χ0) is 14.4. The van der Waals surface area contributed by atoms with E-state index < -0.39 is 23.9 Å². The lowest BCUT2D eigenvalue weighted by Gasteiger charge is -1.74. The summed E-state index contributed by atoms with van der Waals surface area (Å²) >= 11 is 0. The fourth-order valence-electron chi connectivity index (χ4n) is 0.143. The van der Waals surface area contributed by atoms with E-state index in [2.05, 4.69) is 6.58 Å². The molecular formula is C9H12O8. The van der Waals surface area contributed by atoms with Crippen molar-refractivity contribution < 1.29 is 39.6 Å². The Labute approximate surface area is 96.1 Å². The zero-order valence-corrected chi connectivity index (χ0v) is 8.86. The Morgan fingerprint density at radius 3 is 1.06 bits per heavy atom. The van der Waals surface area contributed by atoms with Gasteiger partial charge in [-0.05, 0) is 0 Å². The first kappa shape index (κ1) is 19.9. The van der Waals surface area contributed by atoms with Gasteiger partial charge in [0.1, 0.15) is 0 Å². The summed E-state index contributed by atoms with van der Waals surface area (Å²) in [5.41, 5.74) is 0. The minimum absolute atomic E-state index is 0.558. The summed E-state index contributed by atoms with van der Waals surface area (Å²) in [5, 5.41) is 30.6. The number of carboxylic acids is 4. The summed E-state index contributed by atoms with van der Waals surface area (Å²) in [6, 6.07) is 0. The molecule has 0 rings (SSSR count). The van der Waals surface area contributed by atoms with Crippen molar-refractivity contribution in [3.63, 3.8) is 0 Å². The molecule has 0 amide bonds. The van der Waals surface area contributed by atoms with Crippen molar-refractivity contribution in [1.82, 2.24) is 0 Å². The van der Waals surface area contributed by atoms with Gasteiger partial charge in [0.15, 0.2) is 0 Å². The number of aliphatic carboxylic acids is 4. The van der Waals surface area contributed by atoms with E-state index in [9.17, 15) is 14.4 Å². The maximum absolute atomic E-state index is 9.55. The summed E-state index contributed by atoms with van der Waals surface area (Å²) in [6.07, 6.45) is 1.95. The second-order valence-corrected chi connectivity index (χ2v) is 2.07. The van der Waals surface area contributed by atoms with Gasteiger partial charge in [0, 0.05) is 25.2 Å². The maximum atomic E-state index is 9.55. The summed E-state index contributed by atoms with van der Waals surface area (Å²) in [5.74, 6) is -4.33. The van der Waals surface area contributed by atoms with E-state index in [0.717, 1.165) is 13.0 Å². The van der Waals surface area contributed by atoms with E-state index in [-0.39, 0.29) is 0 Å². The molecule has 0 radical (unpaired) electrons. The van der Waals surface area contributed by atoms with Crippen LogP contribution in [0.5, 0.6) is 0 Å². The van der Waals surface area contributed by atoms with Crippen LogP contribution >= 0.6 is 0 Å². The Kier molecular flexibility index (Phi) is 15.6. The molecule has 0 saturated carbocycles. The molecular weight excluding hydrogens is 236 g/mol. The first-order valence-electron chi connectivity index (χ1n) is 3.82. The monoisotopic (exact) mass is 248 g/mol. The number of hydrogen-bond donors (Lipinski definition) is 4. The van der Waals surface area contributed by atoms with Gasteiger partial charge in [-0.1, -0.05) is 6.58 Å². The SMILES string of the molecule is C=CC(=O)O.CC(=O)O.O=C(O)/C=C\C(=O)O. The van der Waals surface area contributed by atoms with Gasteiger partial charge in [-0.3, -0.25) is 4.79 Å². The smallest absolute Gasteiger partial charge is 0.328 e. The Balaban J connectivity index is -0.000000188. The van der Waals surface area contributed by atoms with Crippen LogP contribution in [0.4, 0.5) is 0 Å². The Bertz CT molecular complexity index is 295. The molecule has 0 aromatic rings. The van der Waals surface area contributed by atoms with E-state index in [1.807, 2.05) is 0 Å². The number of carboxylic acid groups (broad SMARTS) is 4. The van der Waals surface area contributed by atoms with Crippen molar-refractivity contribution >= 4 is 23.9 Å². The van der Waals surface area contributed by atoms with Gasteiger partial charge in [-0.25, -0.2) is 14.4 Å². The summed E-state index contributed by atoms with van der Waals surface area (Å²) < 4.78 is 0. The summed E-state index contributed by atoms with van der Waals surface area (Å²) in [7, 11) is 0. The van der Waals surface area contributed by atoms with Crippen molar-refractivity contribution in [2.24, 2.45) is 0 Å². The molecule has 0 unspecified atom stereocenters. The van der Waals surface area contributed by atoms with Crippen molar-refractivity contribution in [2.45, 2.75) is 6.92 Å². The molecule has 0 spiro atoms. The van der Waals surface area contributed by atoms with Crippen LogP contribution in [0.1, 0.15) is 6.92 Å². The molecule has 0 atom stereocenters. The molecule has 96 valence electrons. The second kappa shape index (κ2) is 13.4. The van der Waals surface area contributed by atoms with Crippen LogP contribution in [-0.2, 0) is 19.2 Å². The molecule has 0 aliphatic carbocycles. The average molecular weight is 248 g/mol. The van der Waals surface area contributed by atoms with Crippen LogP contribution < -0.4 is 0 Å². The molecule has 0 aliphatic heterocycles. The van der Waals surface area contributed by atoms with Gasteiger partial charge in [-0.15, -0.1) is 0 Å². The van der Waals surface area contributed by atoms with Crippen LogP contribution in [0.2, 0.25) is 0 Å². The van der Waals surface area contributed by atoms with Crippen molar-refractivity contribution in [3.8, 4) is 0 Å². The third-order valence-electron chi connectivity index (χ3n) is 0.543. The van der Waals surface area contributed by atoms with Gasteiger partial charge < -0.3 is 20.4 Å². The van der Waals surface area contributed by atoms with Gasteiger partial charge in [-0.2, -0.15) is 0 Å². The third-order valence-corrected chi connectivity index (χ3v) is 0.543. The predicted molar refractivity (Wildman–Crippen MR) is 55.6 cm³/mol. The van der Waals surface area contributed by atoms with Crippen molar-refractivity contribution in [3.05, 3.63) is 24.8 Å². The Morgan fingerprint density at radius 2 is 1.00 bits per heavy atom. The number of rotatable bonds is 3. The average Bonchev–Trinajstić information content (AvgIpc) is 2.14. The van der Waals surface area contributed by atoms with Crippen LogP contribution in [0.25, 0.3) is 0 Å². The largest absolute Gasteiger partial charge is 0.481 e. The fraction of sp³-hybridized carbons (Fsp3) is 0.111. The molecule has 0 aromatic carbocycles. The van der Waals surface area contributed by atoms with E-state index in [1.165, 1.54) is 0 Å². The quantitative estimate of drug-likeness (QED) is 0.512. The molecule has 17 heavy (non-hydrogen) atoms. The van der Waals surface area contributed by atoms with Gasteiger partial charge in [0.05, 0.1) is 0 Å². The molecule has 4 N–H and O–H groups in total. The number of hydrogen-bond acceptors (Lipinski definition) is 4. The van der Waals surface area contributed by atoms with E-state index in [4.69, 9.17) is 25.2 Å². The first-order chi connectivity index (χ1) is 7.63. The van der Waals surface area contributed by atoms with E-state index in [0.29, 0.717) is 12.2 Å². The minimum Gasteiger partial charge on any atom is -0.481 e. The minimum atomic E-state index is -1.26. The number of carbonyl (C=O) groups is 4. The van der Waals surface area contributed by atoms with Crippen LogP contribution in [0, 0.1) is 0 Å². The predicted octanol–water partition coefficient (Wildman–Crippen LogP) is 0.0597. The molecule has 0 aliphatic rings. The van der Waals surface area contributed by atoms with Crippen molar-refractivity contribution in [2.75, 3.05) is 0 Å². The highest BCUT2D eigenvalue weighted by molar-refractivity contribution is 5.89. The first-order valence-corrected chi connectivity index (χ1v) is 3.82. The second-order valence-electron chi connectivity index (χ2n) is 2.07. The zero-order valence-electron chi connectivity index (χ0n) is 8.86. The molecule has 0 saturated heterocycles. The molecule has 8 heteroatoms.